The van der Waals surface area contributed by atoms with Crippen LogP contribution >= 0.6 is 15.9 Å². The molecule has 1 N–H and O–H groups in total. The molecule has 0 fully saturated rings. The number of amides is 2. The zero-order chi connectivity index (χ0) is 15.7. The van der Waals surface area contributed by atoms with E-state index in [2.05, 4.69) is 50.4 Å². The third-order valence-electron chi connectivity index (χ3n) is 3.78. The molecule has 3 rings (SSSR count). The fourth-order valence-electron chi connectivity index (χ4n) is 2.65. The van der Waals surface area contributed by atoms with Crippen molar-refractivity contribution in [3.8, 4) is 0 Å². The van der Waals surface area contributed by atoms with E-state index >= 15 is 0 Å². The number of nitrogens with one attached hydrogen (secondary N) is 1. The Bertz CT molecular complexity index is 701. The second-order valence-corrected chi connectivity index (χ2v) is 6.40. The second kappa shape index (κ2) is 6.08. The van der Waals surface area contributed by atoms with Crippen LogP contribution in [0.25, 0.3) is 0 Å². The highest BCUT2D eigenvalue weighted by molar-refractivity contribution is 9.10. The molecule has 2 heterocycles. The highest BCUT2D eigenvalue weighted by atomic mass is 79.9. The zero-order valence-corrected chi connectivity index (χ0v) is 14.1. The van der Waals surface area contributed by atoms with Gasteiger partial charge in [-0.05, 0) is 43.5 Å². The van der Waals surface area contributed by atoms with Gasteiger partial charge in [0.15, 0.2) is 5.82 Å². The first kappa shape index (κ1) is 15.0. The first-order valence-corrected chi connectivity index (χ1v) is 7.93. The molecule has 0 aliphatic carbocycles. The Kier molecular flexibility index (Phi) is 4.15. The third kappa shape index (κ3) is 3.14. The summed E-state index contributed by atoms with van der Waals surface area (Å²) >= 11 is 3.48. The van der Waals surface area contributed by atoms with Crippen molar-refractivity contribution in [2.24, 2.45) is 0 Å². The lowest BCUT2D eigenvalue weighted by molar-refractivity contribution is 0.167. The molecule has 1 aliphatic rings. The quantitative estimate of drug-likeness (QED) is 0.889. The van der Waals surface area contributed by atoms with E-state index in [4.69, 9.17) is 4.52 Å². The van der Waals surface area contributed by atoms with Crippen molar-refractivity contribution in [2.45, 2.75) is 39.4 Å². The topological polar surface area (TPSA) is 71.3 Å². The van der Waals surface area contributed by atoms with Crippen LogP contribution in [0.4, 0.5) is 4.79 Å². The molecular formula is C15H17BrN4O2. The van der Waals surface area contributed by atoms with Gasteiger partial charge in [0.25, 0.3) is 0 Å². The van der Waals surface area contributed by atoms with Gasteiger partial charge in [0.1, 0.15) is 0 Å². The maximum absolute atomic E-state index is 12.4. The number of aromatic nitrogens is 2. The van der Waals surface area contributed by atoms with E-state index in [0.717, 1.165) is 10.9 Å². The van der Waals surface area contributed by atoms with Crippen LogP contribution in [-0.2, 0) is 19.5 Å². The molecule has 0 radical (unpaired) electrons. The lowest BCUT2D eigenvalue weighted by atomic mass is 9.95. The number of urea groups is 1. The summed E-state index contributed by atoms with van der Waals surface area (Å²) < 4.78 is 6.03. The lowest BCUT2D eigenvalue weighted by Gasteiger charge is -2.34. The molecule has 0 saturated carbocycles. The average Bonchev–Trinajstić information content (AvgIpc) is 2.90. The Morgan fingerprint density at radius 2 is 2.32 bits per heavy atom. The number of nitrogens with zero attached hydrogens (tertiary/aromatic N) is 3. The molecule has 0 saturated heterocycles. The molecule has 1 aromatic carbocycles. The minimum absolute atomic E-state index is 0.117. The van der Waals surface area contributed by atoms with Crippen LogP contribution in [0, 0.1) is 6.92 Å². The number of halogens is 1. The highest BCUT2D eigenvalue weighted by Crippen LogP contribution is 2.26. The number of aryl methyl sites for hydroxylation is 1. The summed E-state index contributed by atoms with van der Waals surface area (Å²) in [6, 6.07) is 6.26. The van der Waals surface area contributed by atoms with Crippen molar-refractivity contribution in [3.05, 3.63) is 45.5 Å². The first-order valence-electron chi connectivity index (χ1n) is 7.14. The van der Waals surface area contributed by atoms with Gasteiger partial charge >= 0.3 is 6.03 Å². The van der Waals surface area contributed by atoms with E-state index in [1.165, 1.54) is 11.1 Å². The van der Waals surface area contributed by atoms with Crippen LogP contribution in [0.5, 0.6) is 0 Å². The van der Waals surface area contributed by atoms with E-state index in [9.17, 15) is 4.79 Å². The third-order valence-corrected chi connectivity index (χ3v) is 4.27. The van der Waals surface area contributed by atoms with Gasteiger partial charge in [0.2, 0.25) is 5.89 Å². The van der Waals surface area contributed by atoms with Gasteiger partial charge in [-0.1, -0.05) is 27.2 Å². The molecule has 7 heteroatoms. The molecule has 6 nitrogen and oxygen atoms in total. The van der Waals surface area contributed by atoms with Crippen molar-refractivity contribution in [2.75, 3.05) is 0 Å². The number of hydrogen-bond donors (Lipinski definition) is 1. The summed E-state index contributed by atoms with van der Waals surface area (Å²) in [5, 5.41) is 6.54. The summed E-state index contributed by atoms with van der Waals surface area (Å²) in [6.07, 6.45) is 0.857. The van der Waals surface area contributed by atoms with E-state index in [0.29, 0.717) is 18.3 Å². The summed E-state index contributed by atoms with van der Waals surface area (Å²) in [5.41, 5.74) is 2.48. The molecule has 0 spiro atoms. The van der Waals surface area contributed by atoms with E-state index in [1.54, 1.807) is 6.92 Å². The van der Waals surface area contributed by atoms with Crippen LogP contribution in [0.15, 0.2) is 27.2 Å². The van der Waals surface area contributed by atoms with E-state index in [-0.39, 0.29) is 18.6 Å². The fourth-order valence-corrected chi connectivity index (χ4v) is 3.05. The number of carbonyl (C=O) groups is 1. The SMILES string of the molecule is Cc1noc(CNC(=O)N2Cc3cc(Br)ccc3CC2C)n1. The van der Waals surface area contributed by atoms with Gasteiger partial charge in [0, 0.05) is 17.1 Å². The Morgan fingerprint density at radius 3 is 3.05 bits per heavy atom. The van der Waals surface area contributed by atoms with E-state index in [1.807, 2.05) is 11.0 Å². The standard InChI is InChI=1S/C15H17BrN4O2/c1-9-5-11-3-4-13(16)6-12(11)8-20(9)15(21)17-7-14-18-10(2)19-22-14/h3-4,6,9H,5,7-8H2,1-2H3,(H,17,21). The van der Waals surface area contributed by atoms with Crippen LogP contribution in [0.1, 0.15) is 29.8 Å². The largest absolute Gasteiger partial charge is 0.337 e. The van der Waals surface area contributed by atoms with Crippen LogP contribution in [0.2, 0.25) is 0 Å². The van der Waals surface area contributed by atoms with Gasteiger partial charge in [-0.3, -0.25) is 0 Å². The molecule has 2 amide bonds. The van der Waals surface area contributed by atoms with Crippen molar-refractivity contribution >= 4 is 22.0 Å². The summed E-state index contributed by atoms with van der Waals surface area (Å²) in [4.78, 5) is 18.3. The molecule has 1 aliphatic heterocycles. The molecule has 1 aromatic heterocycles. The normalized spacial score (nSPS) is 17.2. The molecule has 2 aromatic rings. The Balaban J connectivity index is 1.67. The highest BCUT2D eigenvalue weighted by Gasteiger charge is 2.26. The summed E-state index contributed by atoms with van der Waals surface area (Å²) in [6.45, 7) is 4.65. The maximum Gasteiger partial charge on any atom is 0.318 e. The molecule has 22 heavy (non-hydrogen) atoms. The second-order valence-electron chi connectivity index (χ2n) is 5.49. The molecule has 1 atom stereocenters. The van der Waals surface area contributed by atoms with Crippen molar-refractivity contribution < 1.29 is 9.32 Å². The van der Waals surface area contributed by atoms with Crippen LogP contribution < -0.4 is 5.32 Å². The number of benzene rings is 1. The minimum atomic E-state index is -0.117. The number of rotatable bonds is 2. The van der Waals surface area contributed by atoms with Crippen molar-refractivity contribution in [3.63, 3.8) is 0 Å². The van der Waals surface area contributed by atoms with Crippen LogP contribution in [0.3, 0.4) is 0 Å². The summed E-state index contributed by atoms with van der Waals surface area (Å²) in [7, 11) is 0. The van der Waals surface area contributed by atoms with Crippen LogP contribution in [-0.4, -0.2) is 27.1 Å². The van der Waals surface area contributed by atoms with E-state index < -0.39 is 0 Å². The molecule has 0 bridgehead atoms. The number of hydrogen-bond acceptors (Lipinski definition) is 4. The summed E-state index contributed by atoms with van der Waals surface area (Å²) in [5.74, 6) is 0.980. The fraction of sp³-hybridized carbons (Fsp3) is 0.400. The van der Waals surface area contributed by atoms with Gasteiger partial charge in [-0.25, -0.2) is 4.79 Å². The Hall–Kier alpha value is -1.89. The number of fused-ring (bicyclic) bond motifs is 1. The minimum Gasteiger partial charge on any atom is -0.337 e. The molecule has 116 valence electrons. The van der Waals surface area contributed by atoms with Gasteiger partial charge < -0.3 is 14.7 Å². The van der Waals surface area contributed by atoms with Crippen molar-refractivity contribution in [1.82, 2.24) is 20.4 Å². The maximum atomic E-state index is 12.4. The van der Waals surface area contributed by atoms with Gasteiger partial charge in [-0.2, -0.15) is 4.98 Å². The Morgan fingerprint density at radius 1 is 1.50 bits per heavy atom. The zero-order valence-electron chi connectivity index (χ0n) is 12.5. The lowest BCUT2D eigenvalue weighted by Crippen LogP contribution is -2.47. The molecular weight excluding hydrogens is 348 g/mol. The average molecular weight is 365 g/mol. The van der Waals surface area contributed by atoms with Gasteiger partial charge in [0.05, 0.1) is 6.54 Å². The monoisotopic (exact) mass is 364 g/mol. The van der Waals surface area contributed by atoms with Gasteiger partial charge in [-0.15, -0.1) is 0 Å². The molecule has 1 unspecified atom stereocenters. The predicted molar refractivity (Wildman–Crippen MR) is 84.1 cm³/mol. The van der Waals surface area contributed by atoms with Crippen molar-refractivity contribution in [1.29, 1.82) is 0 Å². The first-order chi connectivity index (χ1) is 10.5. The Labute approximate surface area is 137 Å². The number of carbonyl (C=O) groups excluding carboxylic acids is 1. The predicted octanol–water partition coefficient (Wildman–Crippen LogP) is 2.80. The smallest absolute Gasteiger partial charge is 0.318 e.